The first-order chi connectivity index (χ1) is 10.1. The van der Waals surface area contributed by atoms with E-state index in [-0.39, 0.29) is 0 Å². The molecule has 0 aliphatic heterocycles. The molecule has 7 heteroatoms. The van der Waals surface area contributed by atoms with Crippen molar-refractivity contribution in [2.75, 3.05) is 26.1 Å². The molecule has 0 aliphatic carbocycles. The molecule has 0 unspecified atom stereocenters. The molecule has 0 bridgehead atoms. The normalized spacial score (nSPS) is 11.0. The molecule has 2 aromatic rings. The molecule has 0 fully saturated rings. The van der Waals surface area contributed by atoms with Gasteiger partial charge >= 0.3 is 0 Å². The highest BCUT2D eigenvalue weighted by Crippen LogP contribution is 2.29. The number of aromatic nitrogens is 4. The minimum atomic E-state index is 0.510. The molecule has 0 saturated heterocycles. The number of hydrogen-bond acceptors (Lipinski definition) is 6. The average Bonchev–Trinajstić information content (AvgIpc) is 2.91. The standard InChI is InChI=1S/C14H21N5O2/c1-10(2)9-21-7-6-19-14(16-17-18-19)12-5-4-11(15)8-13(12)20-3/h4-5,8,10H,6-7,9,15H2,1-3H3. The maximum Gasteiger partial charge on any atom is 0.185 e. The molecule has 2 rings (SSSR count). The van der Waals surface area contributed by atoms with Gasteiger partial charge in [0.1, 0.15) is 5.75 Å². The van der Waals surface area contributed by atoms with Crippen molar-refractivity contribution in [2.24, 2.45) is 5.92 Å². The first-order valence-corrected chi connectivity index (χ1v) is 6.89. The number of anilines is 1. The maximum atomic E-state index is 5.76. The van der Waals surface area contributed by atoms with Gasteiger partial charge in [-0.15, -0.1) is 5.10 Å². The van der Waals surface area contributed by atoms with Crippen molar-refractivity contribution >= 4 is 5.69 Å². The molecule has 1 aromatic heterocycles. The molecule has 0 spiro atoms. The number of tetrazole rings is 1. The molecule has 21 heavy (non-hydrogen) atoms. The van der Waals surface area contributed by atoms with Gasteiger partial charge in [-0.05, 0) is 28.5 Å². The molecular formula is C14H21N5O2. The third-order valence-corrected chi connectivity index (χ3v) is 2.90. The number of benzene rings is 1. The number of ether oxygens (including phenoxy) is 2. The lowest BCUT2D eigenvalue weighted by molar-refractivity contribution is 0.101. The van der Waals surface area contributed by atoms with Crippen LogP contribution in [0, 0.1) is 5.92 Å². The lowest BCUT2D eigenvalue weighted by atomic mass is 10.1. The van der Waals surface area contributed by atoms with Crippen LogP contribution in [0.2, 0.25) is 0 Å². The molecule has 1 aromatic carbocycles. The van der Waals surface area contributed by atoms with Crippen LogP contribution in [0.15, 0.2) is 18.2 Å². The van der Waals surface area contributed by atoms with Crippen molar-refractivity contribution in [2.45, 2.75) is 20.4 Å². The summed E-state index contributed by atoms with van der Waals surface area (Å²) in [5.74, 6) is 1.80. The van der Waals surface area contributed by atoms with Crippen LogP contribution < -0.4 is 10.5 Å². The van der Waals surface area contributed by atoms with Crippen LogP contribution in [0.4, 0.5) is 5.69 Å². The first kappa shape index (κ1) is 15.2. The predicted octanol–water partition coefficient (Wildman–Crippen LogP) is 1.60. The van der Waals surface area contributed by atoms with Gasteiger partial charge in [0.05, 0.1) is 25.8 Å². The summed E-state index contributed by atoms with van der Waals surface area (Å²) in [4.78, 5) is 0. The largest absolute Gasteiger partial charge is 0.496 e. The van der Waals surface area contributed by atoms with Gasteiger partial charge in [0.2, 0.25) is 0 Å². The zero-order valence-electron chi connectivity index (χ0n) is 12.6. The third-order valence-electron chi connectivity index (χ3n) is 2.90. The van der Waals surface area contributed by atoms with Gasteiger partial charge in [-0.2, -0.15) is 0 Å². The summed E-state index contributed by atoms with van der Waals surface area (Å²) in [6, 6.07) is 5.40. The molecule has 1 heterocycles. The van der Waals surface area contributed by atoms with E-state index in [0.29, 0.717) is 36.3 Å². The molecule has 7 nitrogen and oxygen atoms in total. The number of nitrogen functional groups attached to an aromatic ring is 1. The van der Waals surface area contributed by atoms with Crippen molar-refractivity contribution in [1.82, 2.24) is 20.2 Å². The Kier molecular flexibility index (Phi) is 5.10. The summed E-state index contributed by atoms with van der Waals surface area (Å²) in [6.07, 6.45) is 0. The van der Waals surface area contributed by atoms with E-state index in [1.54, 1.807) is 23.9 Å². The highest BCUT2D eigenvalue weighted by molar-refractivity contribution is 5.67. The second kappa shape index (κ2) is 7.03. The topological polar surface area (TPSA) is 88.1 Å². The minimum absolute atomic E-state index is 0.510. The fourth-order valence-electron chi connectivity index (χ4n) is 1.91. The number of nitrogens with two attached hydrogens (primary N) is 1. The van der Waals surface area contributed by atoms with Gasteiger partial charge in [-0.3, -0.25) is 0 Å². The van der Waals surface area contributed by atoms with Crippen molar-refractivity contribution in [3.8, 4) is 17.1 Å². The fourth-order valence-corrected chi connectivity index (χ4v) is 1.91. The quantitative estimate of drug-likeness (QED) is 0.616. The van der Waals surface area contributed by atoms with Gasteiger partial charge in [0, 0.05) is 18.4 Å². The Bertz CT molecular complexity index is 582. The predicted molar refractivity (Wildman–Crippen MR) is 79.9 cm³/mol. The number of nitrogens with zero attached hydrogens (tertiary/aromatic N) is 4. The van der Waals surface area contributed by atoms with E-state index in [0.717, 1.165) is 12.2 Å². The van der Waals surface area contributed by atoms with E-state index in [1.165, 1.54) is 0 Å². The lowest BCUT2D eigenvalue weighted by Crippen LogP contribution is -2.12. The SMILES string of the molecule is COc1cc(N)ccc1-c1nnnn1CCOCC(C)C. The van der Waals surface area contributed by atoms with Crippen molar-refractivity contribution < 1.29 is 9.47 Å². The molecule has 2 N–H and O–H groups in total. The van der Waals surface area contributed by atoms with Crippen molar-refractivity contribution in [3.63, 3.8) is 0 Å². The smallest absolute Gasteiger partial charge is 0.185 e. The second-order valence-corrected chi connectivity index (χ2v) is 5.15. The zero-order valence-corrected chi connectivity index (χ0v) is 12.6. The van der Waals surface area contributed by atoms with Crippen molar-refractivity contribution in [3.05, 3.63) is 18.2 Å². The van der Waals surface area contributed by atoms with Crippen LogP contribution in [0.5, 0.6) is 5.75 Å². The Balaban J connectivity index is 2.13. The third kappa shape index (κ3) is 3.91. The van der Waals surface area contributed by atoms with Crippen LogP contribution in [-0.4, -0.2) is 40.5 Å². The summed E-state index contributed by atoms with van der Waals surface area (Å²) >= 11 is 0. The van der Waals surface area contributed by atoms with E-state index in [9.17, 15) is 0 Å². The fraction of sp³-hybridized carbons (Fsp3) is 0.500. The van der Waals surface area contributed by atoms with Crippen molar-refractivity contribution in [1.29, 1.82) is 0 Å². The molecular weight excluding hydrogens is 270 g/mol. The molecule has 0 amide bonds. The van der Waals surface area contributed by atoms with E-state index in [4.69, 9.17) is 15.2 Å². The van der Waals surface area contributed by atoms with Gasteiger partial charge < -0.3 is 15.2 Å². The van der Waals surface area contributed by atoms with Crippen LogP contribution in [0.25, 0.3) is 11.4 Å². The van der Waals surface area contributed by atoms with E-state index in [2.05, 4.69) is 29.4 Å². The van der Waals surface area contributed by atoms with Gasteiger partial charge in [-0.25, -0.2) is 4.68 Å². The van der Waals surface area contributed by atoms with Crippen LogP contribution in [0.3, 0.4) is 0 Å². The molecule has 0 atom stereocenters. The van der Waals surface area contributed by atoms with Gasteiger partial charge in [-0.1, -0.05) is 13.8 Å². The number of rotatable bonds is 7. The molecule has 114 valence electrons. The Labute approximate surface area is 124 Å². The number of methoxy groups -OCH3 is 1. The maximum absolute atomic E-state index is 5.76. The Morgan fingerprint density at radius 3 is 2.86 bits per heavy atom. The Morgan fingerprint density at radius 2 is 2.14 bits per heavy atom. The van der Waals surface area contributed by atoms with Crippen LogP contribution in [0.1, 0.15) is 13.8 Å². The van der Waals surface area contributed by atoms with Crippen LogP contribution in [-0.2, 0) is 11.3 Å². The molecule has 0 radical (unpaired) electrons. The van der Waals surface area contributed by atoms with Gasteiger partial charge in [0.25, 0.3) is 0 Å². The Morgan fingerprint density at radius 1 is 1.33 bits per heavy atom. The highest BCUT2D eigenvalue weighted by Gasteiger charge is 2.14. The minimum Gasteiger partial charge on any atom is -0.496 e. The van der Waals surface area contributed by atoms with E-state index >= 15 is 0 Å². The summed E-state index contributed by atoms with van der Waals surface area (Å²) < 4.78 is 12.6. The van der Waals surface area contributed by atoms with Gasteiger partial charge in [0.15, 0.2) is 5.82 Å². The molecule has 0 saturated carbocycles. The zero-order chi connectivity index (χ0) is 15.2. The Hall–Kier alpha value is -2.15. The first-order valence-electron chi connectivity index (χ1n) is 6.89. The lowest BCUT2D eigenvalue weighted by Gasteiger charge is -2.10. The van der Waals surface area contributed by atoms with Crippen LogP contribution >= 0.6 is 0 Å². The van der Waals surface area contributed by atoms with E-state index in [1.807, 2.05) is 6.07 Å². The highest BCUT2D eigenvalue weighted by atomic mass is 16.5. The summed E-state index contributed by atoms with van der Waals surface area (Å²) in [7, 11) is 1.60. The second-order valence-electron chi connectivity index (χ2n) is 5.15. The summed E-state index contributed by atoms with van der Waals surface area (Å²) in [6.45, 7) is 6.10. The van der Waals surface area contributed by atoms with E-state index < -0.39 is 0 Å². The monoisotopic (exact) mass is 291 g/mol. The summed E-state index contributed by atoms with van der Waals surface area (Å²) in [5, 5.41) is 11.8. The average molecular weight is 291 g/mol. The molecule has 0 aliphatic rings. The number of hydrogen-bond donors (Lipinski definition) is 1. The summed E-state index contributed by atoms with van der Waals surface area (Å²) in [5.41, 5.74) is 7.20.